The number of likely N-dealkylation sites (N-methyl/N-ethyl adjacent to an activating group) is 2. The molecule has 2 fully saturated rings. The molecule has 10 rings (SSSR count). The summed E-state index contributed by atoms with van der Waals surface area (Å²) in [5.41, 5.74) is -1.61. The van der Waals surface area contributed by atoms with Crippen LogP contribution in [0.1, 0.15) is 58.1 Å². The number of aryl methyl sites for hydroxylation is 2. The molecule has 0 spiro atoms. The van der Waals surface area contributed by atoms with Gasteiger partial charge in [-0.1, -0.05) is 22.7 Å². The van der Waals surface area contributed by atoms with E-state index >= 15 is 0 Å². The van der Waals surface area contributed by atoms with Crippen molar-refractivity contribution in [1.82, 2.24) is 58.1 Å². The Labute approximate surface area is 412 Å². The van der Waals surface area contributed by atoms with Gasteiger partial charge in [0, 0.05) is 43.9 Å². The van der Waals surface area contributed by atoms with Gasteiger partial charge in [-0.25, -0.2) is 27.5 Å². The first-order valence-electron chi connectivity index (χ1n) is 22.1. The minimum absolute atomic E-state index is 0.0470. The Balaban J connectivity index is 0.000000178. The van der Waals surface area contributed by atoms with Crippen molar-refractivity contribution in [2.24, 2.45) is 0 Å². The summed E-state index contributed by atoms with van der Waals surface area (Å²) in [6.07, 6.45) is 5.15. The van der Waals surface area contributed by atoms with Crippen LogP contribution in [0, 0.1) is 25.5 Å². The van der Waals surface area contributed by atoms with Crippen molar-refractivity contribution in [3.63, 3.8) is 0 Å². The second-order valence-corrected chi connectivity index (χ2v) is 18.9. The van der Waals surface area contributed by atoms with E-state index in [0.29, 0.717) is 45.5 Å². The summed E-state index contributed by atoms with van der Waals surface area (Å²) >= 11 is 2.19. The first-order chi connectivity index (χ1) is 34.4. The number of aliphatic hydroxyl groups excluding tert-OH is 1. The van der Waals surface area contributed by atoms with Crippen molar-refractivity contribution in [1.29, 1.82) is 0 Å². The highest BCUT2D eigenvalue weighted by Crippen LogP contribution is 2.35. The summed E-state index contributed by atoms with van der Waals surface area (Å²) in [5.74, 6) is -2.12. The lowest BCUT2D eigenvalue weighted by Gasteiger charge is -2.19. The molecular weight excluding hydrogens is 983 g/mol. The lowest BCUT2D eigenvalue weighted by molar-refractivity contribution is -0.130. The Bertz CT molecular complexity index is 3710. The lowest BCUT2D eigenvalue weighted by Crippen LogP contribution is -2.44. The van der Waals surface area contributed by atoms with Gasteiger partial charge in [0.2, 0.25) is 11.8 Å². The average molecular weight is 1030 g/mol. The van der Waals surface area contributed by atoms with Crippen molar-refractivity contribution in [3.8, 4) is 21.5 Å². The number of thiophene rings is 2. The highest BCUT2D eigenvalue weighted by Gasteiger charge is 2.37. The number of carbonyl (C=O) groups excluding carboxylic acids is 3. The fourth-order valence-corrected chi connectivity index (χ4v) is 11.5. The molecule has 0 bridgehead atoms. The van der Waals surface area contributed by atoms with Gasteiger partial charge >= 0.3 is 11.4 Å². The van der Waals surface area contributed by atoms with E-state index in [1.165, 1.54) is 81.2 Å². The molecule has 0 unspecified atom stereocenters. The Kier molecular flexibility index (Phi) is 13.2. The monoisotopic (exact) mass is 1030 g/mol. The lowest BCUT2D eigenvalue weighted by atomic mass is 10.1. The van der Waals surface area contributed by atoms with Crippen LogP contribution in [0.4, 0.5) is 8.78 Å². The smallest absolute Gasteiger partial charge is 0.333 e. The number of hydrogen-bond acceptors (Lipinski definition) is 16. The number of hydrogen-bond donors (Lipinski definition) is 1. The molecule has 2 aliphatic heterocycles. The fourth-order valence-electron chi connectivity index (χ4n) is 9.03. The maximum atomic E-state index is 14.0. The number of nitrogens with zero attached hydrogens (tertiary/aromatic N) is 12. The summed E-state index contributed by atoms with van der Waals surface area (Å²) in [6.45, 7) is 3.39. The number of amides is 2. The Hall–Kier alpha value is -7.97. The number of likely N-dealkylation sites (tertiary alicyclic amines) is 2. The summed E-state index contributed by atoms with van der Waals surface area (Å²) in [4.78, 5) is 99.7. The predicted octanol–water partition coefficient (Wildman–Crippen LogP) is 2.95. The van der Waals surface area contributed by atoms with Gasteiger partial charge in [0.1, 0.15) is 61.0 Å². The van der Waals surface area contributed by atoms with Gasteiger partial charge in [-0.05, 0) is 63.1 Å². The molecule has 26 heteroatoms. The van der Waals surface area contributed by atoms with E-state index in [-0.39, 0.29) is 63.0 Å². The van der Waals surface area contributed by atoms with E-state index in [9.17, 15) is 47.4 Å². The van der Waals surface area contributed by atoms with Crippen molar-refractivity contribution in [3.05, 3.63) is 137 Å². The van der Waals surface area contributed by atoms with E-state index in [4.69, 9.17) is 9.47 Å². The third kappa shape index (κ3) is 8.38. The van der Waals surface area contributed by atoms with Crippen LogP contribution in [0.15, 0.2) is 80.4 Å². The van der Waals surface area contributed by atoms with Gasteiger partial charge in [-0.3, -0.25) is 33.1 Å². The molecule has 2 aliphatic rings. The summed E-state index contributed by atoms with van der Waals surface area (Å²) in [5, 5.41) is 29.0. The van der Waals surface area contributed by atoms with E-state index in [2.05, 4.69) is 20.4 Å². The molecule has 0 saturated carbocycles. The first kappa shape index (κ1) is 49.0. The average Bonchev–Trinajstić information content (AvgIpc) is 4.25. The fraction of sp³-hybridized carbons (Fsp3) is 0.326. The number of halogens is 2. The van der Waals surface area contributed by atoms with E-state index < -0.39 is 64.6 Å². The topological polar surface area (TPSA) is 246 Å². The Morgan fingerprint density at radius 2 is 1.14 bits per heavy atom. The van der Waals surface area contributed by atoms with Crippen molar-refractivity contribution in [2.75, 3.05) is 41.4 Å². The molecule has 0 radical (unpaired) electrons. The zero-order valence-corrected chi connectivity index (χ0v) is 40.9. The van der Waals surface area contributed by atoms with Crippen LogP contribution in [0.2, 0.25) is 0 Å². The normalized spacial score (nSPS) is 16.2. The molecule has 8 heterocycles. The van der Waals surface area contributed by atoms with Crippen LogP contribution in [-0.4, -0.2) is 122 Å². The standard InChI is InChI=1S/C23H23FN6O5S.C23H21FN6O5S/c2*1-12-18-20(33)29(15-6-9-27(2)19(15)32)23(34)28(22(18)36-21(12)30-25-7-8-26-30)11-16(31)14-10-13(24)4-5-17(14)35-3/h4-5,7-8,10,15-16,31H,6,9,11H2,1-3H3;4-5,7-8,10,15H,6,9,11H2,1-3H3/t15-,16-;15-/m00/s1. The summed E-state index contributed by atoms with van der Waals surface area (Å²) in [7, 11) is 5.95. The molecule has 374 valence electrons. The van der Waals surface area contributed by atoms with Crippen molar-refractivity contribution in [2.45, 2.75) is 58.0 Å². The van der Waals surface area contributed by atoms with Crippen LogP contribution in [-0.2, 0) is 22.7 Å². The number of aliphatic hydroxyl groups is 1. The third-order valence-corrected chi connectivity index (χ3v) is 15.3. The molecule has 22 nitrogen and oxygen atoms in total. The first-order valence-corrected chi connectivity index (χ1v) is 23.8. The van der Waals surface area contributed by atoms with Crippen LogP contribution < -0.4 is 32.0 Å². The number of fused-ring (bicyclic) bond motifs is 2. The van der Waals surface area contributed by atoms with Gasteiger partial charge in [0.25, 0.3) is 11.1 Å². The molecule has 8 aromatic rings. The molecule has 72 heavy (non-hydrogen) atoms. The molecule has 0 aliphatic carbocycles. The molecule has 2 aromatic carbocycles. The maximum absolute atomic E-state index is 14.0. The largest absolute Gasteiger partial charge is 0.496 e. The highest BCUT2D eigenvalue weighted by molar-refractivity contribution is 7.21. The molecule has 2 amide bonds. The van der Waals surface area contributed by atoms with E-state index in [1.807, 2.05) is 0 Å². The van der Waals surface area contributed by atoms with Crippen LogP contribution in [0.25, 0.3) is 30.4 Å². The summed E-state index contributed by atoms with van der Waals surface area (Å²) < 4.78 is 42.7. The van der Waals surface area contributed by atoms with Gasteiger partial charge in [0.05, 0.1) is 68.4 Å². The van der Waals surface area contributed by atoms with Gasteiger partial charge in [0.15, 0.2) is 5.78 Å². The van der Waals surface area contributed by atoms with E-state index in [1.54, 1.807) is 27.9 Å². The van der Waals surface area contributed by atoms with E-state index in [0.717, 1.165) is 54.6 Å². The number of ether oxygens (including phenoxy) is 2. The number of methoxy groups -OCH3 is 2. The molecule has 6 aromatic heterocycles. The second kappa shape index (κ2) is 19.3. The quantitative estimate of drug-likeness (QED) is 0.173. The maximum Gasteiger partial charge on any atom is 0.333 e. The zero-order valence-electron chi connectivity index (χ0n) is 39.3. The minimum atomic E-state index is -1.35. The van der Waals surface area contributed by atoms with Crippen molar-refractivity contribution >= 4 is 60.7 Å². The molecular formula is C46H44F2N12O10S2. The molecule has 3 atom stereocenters. The summed E-state index contributed by atoms with van der Waals surface area (Å²) in [6, 6.07) is 5.29. The predicted molar refractivity (Wildman–Crippen MR) is 258 cm³/mol. The highest BCUT2D eigenvalue weighted by atomic mass is 32.1. The number of Topliss-reactive ketones (excluding diaryl/α,β-unsaturated/α-hetero) is 1. The number of carbonyl (C=O) groups is 3. The Morgan fingerprint density at radius 3 is 1.60 bits per heavy atom. The number of aromatic nitrogens is 10. The number of ketones is 1. The van der Waals surface area contributed by atoms with Gasteiger partial charge < -0.3 is 24.4 Å². The number of rotatable bonds is 12. The van der Waals surface area contributed by atoms with Crippen LogP contribution in [0.3, 0.4) is 0 Å². The van der Waals surface area contributed by atoms with Gasteiger partial charge in [-0.2, -0.15) is 20.4 Å². The minimum Gasteiger partial charge on any atom is -0.496 e. The van der Waals surface area contributed by atoms with Gasteiger partial charge in [-0.15, -0.1) is 9.59 Å². The number of benzene rings is 2. The van der Waals surface area contributed by atoms with Crippen LogP contribution in [0.5, 0.6) is 11.5 Å². The van der Waals surface area contributed by atoms with Crippen molar-refractivity contribution < 1.29 is 37.7 Å². The molecule has 2 saturated heterocycles. The second-order valence-electron chi connectivity index (χ2n) is 17.0. The third-order valence-electron chi connectivity index (χ3n) is 12.7. The van der Waals surface area contributed by atoms with Crippen LogP contribution >= 0.6 is 22.7 Å². The zero-order chi connectivity index (χ0) is 51.4. The molecule has 1 N–H and O–H groups in total. The Morgan fingerprint density at radius 1 is 0.694 bits per heavy atom. The SMILES string of the molecule is COc1ccc(F)cc1C(=O)Cn1c(=O)n([C@H]2CCN(C)C2=O)c(=O)c2c(C)c(-n3nccn3)sc21.COc1ccc(F)cc1[C@@H](O)Cn1c(=O)n([C@H]2CCN(C)C2=O)c(=O)c2c(C)c(-n3nccn3)sc21.